The van der Waals surface area contributed by atoms with E-state index in [-0.39, 0.29) is 18.6 Å². The fourth-order valence-electron chi connectivity index (χ4n) is 2.02. The van der Waals surface area contributed by atoms with Crippen molar-refractivity contribution in [2.75, 3.05) is 30.7 Å². The molecule has 0 saturated heterocycles. The second kappa shape index (κ2) is 8.87. The van der Waals surface area contributed by atoms with Crippen LogP contribution >= 0.6 is 11.6 Å². The van der Waals surface area contributed by atoms with Crippen molar-refractivity contribution in [3.63, 3.8) is 0 Å². The lowest BCUT2D eigenvalue weighted by Crippen LogP contribution is -2.44. The van der Waals surface area contributed by atoms with Crippen LogP contribution in [0.4, 0.5) is 11.4 Å². The maximum atomic E-state index is 12.3. The Morgan fingerprint density at radius 2 is 2.19 bits per heavy atom. The minimum Gasteiger partial charge on any atom is -0.399 e. The standard InChI is InChI=1S/C15H24ClN3O2/c1-3-4-7-19(8-9-20)11(2)15(21)18-14-6-5-12(17)10-13(14)16/h5-6,10-11,20H,3-4,7-9,17H2,1-2H3,(H,18,21). The fraction of sp³-hybridized carbons (Fsp3) is 0.533. The number of aliphatic hydroxyl groups excluding tert-OH is 1. The molecule has 5 nitrogen and oxygen atoms in total. The summed E-state index contributed by atoms with van der Waals surface area (Å²) < 4.78 is 0. The molecule has 0 saturated carbocycles. The summed E-state index contributed by atoms with van der Waals surface area (Å²) >= 11 is 6.05. The van der Waals surface area contributed by atoms with Gasteiger partial charge in [-0.05, 0) is 38.1 Å². The van der Waals surface area contributed by atoms with Crippen LogP contribution < -0.4 is 11.1 Å². The first kappa shape index (κ1) is 17.8. The number of halogens is 1. The molecule has 21 heavy (non-hydrogen) atoms. The number of amides is 1. The van der Waals surface area contributed by atoms with E-state index in [0.717, 1.165) is 19.4 Å². The van der Waals surface area contributed by atoms with Crippen LogP contribution in [0.2, 0.25) is 5.02 Å². The van der Waals surface area contributed by atoms with E-state index in [1.807, 2.05) is 11.8 Å². The number of nitrogen functional groups attached to an aromatic ring is 1. The minimum atomic E-state index is -0.336. The van der Waals surface area contributed by atoms with Crippen LogP contribution in [-0.4, -0.2) is 41.7 Å². The molecule has 0 heterocycles. The average molecular weight is 314 g/mol. The first-order valence-corrected chi connectivity index (χ1v) is 7.58. The van der Waals surface area contributed by atoms with E-state index in [0.29, 0.717) is 22.9 Å². The number of anilines is 2. The van der Waals surface area contributed by atoms with E-state index in [1.54, 1.807) is 18.2 Å². The summed E-state index contributed by atoms with van der Waals surface area (Å²) in [6.07, 6.45) is 2.03. The monoisotopic (exact) mass is 313 g/mol. The van der Waals surface area contributed by atoms with Crippen LogP contribution in [-0.2, 0) is 4.79 Å². The Morgan fingerprint density at radius 1 is 1.48 bits per heavy atom. The number of hydrogen-bond donors (Lipinski definition) is 3. The molecule has 1 unspecified atom stereocenters. The lowest BCUT2D eigenvalue weighted by atomic mass is 10.2. The van der Waals surface area contributed by atoms with Crippen molar-refractivity contribution in [2.24, 2.45) is 0 Å². The normalized spacial score (nSPS) is 12.4. The van der Waals surface area contributed by atoms with Crippen molar-refractivity contribution in [3.8, 4) is 0 Å². The molecular weight excluding hydrogens is 290 g/mol. The Labute approximate surface area is 131 Å². The molecular formula is C15H24ClN3O2. The highest BCUT2D eigenvalue weighted by Crippen LogP contribution is 2.24. The van der Waals surface area contributed by atoms with Gasteiger partial charge in [0.25, 0.3) is 0 Å². The van der Waals surface area contributed by atoms with Crippen LogP contribution in [0.5, 0.6) is 0 Å². The smallest absolute Gasteiger partial charge is 0.241 e. The van der Waals surface area contributed by atoms with Gasteiger partial charge in [0.05, 0.1) is 23.4 Å². The highest BCUT2D eigenvalue weighted by atomic mass is 35.5. The molecule has 1 amide bonds. The summed E-state index contributed by atoms with van der Waals surface area (Å²) in [6.45, 7) is 5.21. The first-order valence-electron chi connectivity index (χ1n) is 7.20. The molecule has 118 valence electrons. The number of nitrogens with one attached hydrogen (secondary N) is 1. The van der Waals surface area contributed by atoms with Crippen molar-refractivity contribution < 1.29 is 9.90 Å². The predicted molar refractivity (Wildman–Crippen MR) is 87.5 cm³/mol. The Kier molecular flexibility index (Phi) is 7.50. The van der Waals surface area contributed by atoms with Crippen molar-refractivity contribution in [3.05, 3.63) is 23.2 Å². The molecule has 1 atom stereocenters. The van der Waals surface area contributed by atoms with E-state index in [2.05, 4.69) is 12.2 Å². The lowest BCUT2D eigenvalue weighted by molar-refractivity contribution is -0.120. The zero-order valence-electron chi connectivity index (χ0n) is 12.6. The number of hydrogen-bond acceptors (Lipinski definition) is 4. The van der Waals surface area contributed by atoms with Gasteiger partial charge in [0.2, 0.25) is 5.91 Å². The molecule has 0 aliphatic carbocycles. The number of nitrogens with two attached hydrogens (primary N) is 1. The molecule has 0 radical (unpaired) electrons. The quantitative estimate of drug-likeness (QED) is 0.644. The largest absolute Gasteiger partial charge is 0.399 e. The van der Waals surface area contributed by atoms with Crippen LogP contribution in [0, 0.1) is 0 Å². The predicted octanol–water partition coefficient (Wildman–Crippen LogP) is 2.34. The maximum Gasteiger partial charge on any atom is 0.241 e. The third-order valence-corrected chi connectivity index (χ3v) is 3.68. The molecule has 0 fully saturated rings. The van der Waals surface area contributed by atoms with Crippen molar-refractivity contribution in [1.29, 1.82) is 0 Å². The number of carbonyl (C=O) groups excluding carboxylic acids is 1. The number of benzene rings is 1. The third-order valence-electron chi connectivity index (χ3n) is 3.36. The van der Waals surface area contributed by atoms with Gasteiger partial charge in [-0.25, -0.2) is 0 Å². The minimum absolute atomic E-state index is 0.0317. The maximum absolute atomic E-state index is 12.3. The molecule has 0 aliphatic heterocycles. The Bertz CT molecular complexity index is 468. The number of rotatable bonds is 8. The highest BCUT2D eigenvalue weighted by Gasteiger charge is 2.21. The van der Waals surface area contributed by atoms with Gasteiger partial charge in [-0.1, -0.05) is 24.9 Å². The molecule has 0 spiro atoms. The van der Waals surface area contributed by atoms with Crippen molar-refractivity contribution >= 4 is 28.9 Å². The summed E-state index contributed by atoms with van der Waals surface area (Å²) in [4.78, 5) is 14.3. The summed E-state index contributed by atoms with van der Waals surface area (Å²) in [5, 5.41) is 12.3. The molecule has 0 aliphatic rings. The highest BCUT2D eigenvalue weighted by molar-refractivity contribution is 6.34. The number of nitrogens with zero attached hydrogens (tertiary/aromatic N) is 1. The summed E-state index contributed by atoms with van der Waals surface area (Å²) in [7, 11) is 0. The summed E-state index contributed by atoms with van der Waals surface area (Å²) in [6, 6.07) is 4.64. The lowest BCUT2D eigenvalue weighted by Gasteiger charge is -2.27. The first-order chi connectivity index (χ1) is 9.99. The van der Waals surface area contributed by atoms with Gasteiger partial charge in [0.1, 0.15) is 0 Å². The molecule has 0 aromatic heterocycles. The molecule has 1 rings (SSSR count). The van der Waals surface area contributed by atoms with Crippen LogP contribution in [0.3, 0.4) is 0 Å². The third kappa shape index (κ3) is 5.53. The molecule has 1 aromatic rings. The number of aliphatic hydroxyl groups is 1. The van der Waals surface area contributed by atoms with E-state index >= 15 is 0 Å². The van der Waals surface area contributed by atoms with Crippen molar-refractivity contribution in [2.45, 2.75) is 32.7 Å². The van der Waals surface area contributed by atoms with E-state index in [9.17, 15) is 4.79 Å². The van der Waals surface area contributed by atoms with E-state index in [4.69, 9.17) is 22.4 Å². The topological polar surface area (TPSA) is 78.6 Å². The van der Waals surface area contributed by atoms with Crippen LogP contribution in [0.25, 0.3) is 0 Å². The molecule has 1 aromatic carbocycles. The van der Waals surface area contributed by atoms with Crippen LogP contribution in [0.15, 0.2) is 18.2 Å². The summed E-state index contributed by atoms with van der Waals surface area (Å²) in [5.74, 6) is -0.147. The van der Waals surface area contributed by atoms with E-state index < -0.39 is 0 Å². The Morgan fingerprint density at radius 3 is 2.76 bits per heavy atom. The Hall–Kier alpha value is -1.30. The van der Waals surface area contributed by atoms with Gasteiger partial charge < -0.3 is 16.2 Å². The molecule has 6 heteroatoms. The number of unbranched alkanes of at least 4 members (excludes halogenated alkanes) is 1. The Balaban J connectivity index is 2.71. The van der Waals surface area contributed by atoms with Gasteiger partial charge in [-0.2, -0.15) is 0 Å². The zero-order chi connectivity index (χ0) is 15.8. The van der Waals surface area contributed by atoms with Gasteiger partial charge in [0.15, 0.2) is 0 Å². The van der Waals surface area contributed by atoms with Gasteiger partial charge in [-0.3, -0.25) is 9.69 Å². The van der Waals surface area contributed by atoms with Crippen molar-refractivity contribution in [1.82, 2.24) is 4.90 Å². The van der Waals surface area contributed by atoms with Crippen LogP contribution in [0.1, 0.15) is 26.7 Å². The van der Waals surface area contributed by atoms with E-state index in [1.165, 1.54) is 0 Å². The average Bonchev–Trinajstić information content (AvgIpc) is 2.45. The molecule has 0 bridgehead atoms. The fourth-order valence-corrected chi connectivity index (χ4v) is 2.26. The second-order valence-corrected chi connectivity index (χ2v) is 5.42. The molecule has 4 N–H and O–H groups in total. The second-order valence-electron chi connectivity index (χ2n) is 5.02. The summed E-state index contributed by atoms with van der Waals surface area (Å²) in [5.41, 5.74) is 6.72. The number of carbonyl (C=O) groups is 1. The van der Waals surface area contributed by atoms with Gasteiger partial charge in [-0.15, -0.1) is 0 Å². The van der Waals surface area contributed by atoms with Gasteiger partial charge >= 0.3 is 0 Å². The van der Waals surface area contributed by atoms with Gasteiger partial charge in [0, 0.05) is 12.2 Å². The SMILES string of the molecule is CCCCN(CCO)C(C)C(=O)Nc1ccc(N)cc1Cl. The zero-order valence-corrected chi connectivity index (χ0v) is 13.4.